The van der Waals surface area contributed by atoms with Crippen LogP contribution >= 0.6 is 11.6 Å². The standard InChI is InChI=1S/C18H18ClFN2O2/c19-16-4-2-1-3-13(16)10-14(18(21)24)11-22-17(23)9-12-5-7-15(20)8-6-12/h1-8,14H,9-11H2,(H2,21,24)(H,22,23)/t14-/m1/s1. The number of hydrogen-bond donors (Lipinski definition) is 2. The molecule has 0 saturated carbocycles. The van der Waals surface area contributed by atoms with Crippen molar-refractivity contribution in [1.29, 1.82) is 0 Å². The van der Waals surface area contributed by atoms with E-state index in [9.17, 15) is 14.0 Å². The van der Waals surface area contributed by atoms with Crippen molar-refractivity contribution >= 4 is 23.4 Å². The molecule has 3 N–H and O–H groups in total. The second kappa shape index (κ2) is 8.45. The minimum atomic E-state index is -0.554. The lowest BCUT2D eigenvalue weighted by Gasteiger charge is -2.15. The smallest absolute Gasteiger partial charge is 0.224 e. The van der Waals surface area contributed by atoms with Gasteiger partial charge in [0.1, 0.15) is 5.82 Å². The number of halogens is 2. The van der Waals surface area contributed by atoms with Crippen molar-refractivity contribution in [2.24, 2.45) is 11.7 Å². The number of benzene rings is 2. The maximum atomic E-state index is 12.8. The summed E-state index contributed by atoms with van der Waals surface area (Å²) in [5, 5.41) is 3.25. The van der Waals surface area contributed by atoms with Crippen LogP contribution in [0.2, 0.25) is 5.02 Å². The molecule has 0 radical (unpaired) electrons. The Morgan fingerprint density at radius 3 is 2.42 bits per heavy atom. The van der Waals surface area contributed by atoms with Gasteiger partial charge in [-0.1, -0.05) is 41.9 Å². The third kappa shape index (κ3) is 5.35. The van der Waals surface area contributed by atoms with E-state index in [0.717, 1.165) is 5.56 Å². The summed E-state index contributed by atoms with van der Waals surface area (Å²) in [4.78, 5) is 23.6. The summed E-state index contributed by atoms with van der Waals surface area (Å²) in [7, 11) is 0. The van der Waals surface area contributed by atoms with E-state index < -0.39 is 11.8 Å². The van der Waals surface area contributed by atoms with Gasteiger partial charge in [-0.2, -0.15) is 0 Å². The Morgan fingerprint density at radius 1 is 1.12 bits per heavy atom. The fourth-order valence-corrected chi connectivity index (χ4v) is 2.50. The van der Waals surface area contributed by atoms with Gasteiger partial charge in [0.25, 0.3) is 0 Å². The number of carbonyl (C=O) groups is 2. The molecule has 1 atom stereocenters. The number of primary amides is 1. The minimum absolute atomic E-state index is 0.109. The number of nitrogens with two attached hydrogens (primary N) is 1. The van der Waals surface area contributed by atoms with E-state index >= 15 is 0 Å². The highest BCUT2D eigenvalue weighted by atomic mass is 35.5. The maximum absolute atomic E-state index is 12.8. The van der Waals surface area contributed by atoms with Crippen LogP contribution < -0.4 is 11.1 Å². The van der Waals surface area contributed by atoms with Gasteiger partial charge in [0.05, 0.1) is 12.3 Å². The zero-order valence-corrected chi connectivity index (χ0v) is 13.7. The summed E-state index contributed by atoms with van der Waals surface area (Å²) in [6.07, 6.45) is 0.462. The number of amides is 2. The molecule has 0 spiro atoms. The molecule has 0 aliphatic carbocycles. The number of rotatable bonds is 7. The fourth-order valence-electron chi connectivity index (χ4n) is 2.29. The zero-order chi connectivity index (χ0) is 17.5. The highest BCUT2D eigenvalue weighted by Gasteiger charge is 2.18. The van der Waals surface area contributed by atoms with Gasteiger partial charge in [-0.05, 0) is 35.7 Å². The van der Waals surface area contributed by atoms with Crippen LogP contribution in [-0.4, -0.2) is 18.4 Å². The SMILES string of the molecule is NC(=O)[C@@H](CNC(=O)Cc1ccc(F)cc1)Cc1ccccc1Cl. The first-order chi connectivity index (χ1) is 11.5. The molecule has 0 unspecified atom stereocenters. The van der Waals surface area contributed by atoms with Crippen LogP contribution in [0.5, 0.6) is 0 Å². The van der Waals surface area contributed by atoms with Gasteiger partial charge in [0, 0.05) is 11.6 Å². The van der Waals surface area contributed by atoms with Gasteiger partial charge in [-0.3, -0.25) is 9.59 Å². The van der Waals surface area contributed by atoms with Gasteiger partial charge in [-0.15, -0.1) is 0 Å². The summed E-state index contributed by atoms with van der Waals surface area (Å²) in [5.41, 5.74) is 6.91. The Bertz CT molecular complexity index is 719. The zero-order valence-electron chi connectivity index (χ0n) is 13.0. The van der Waals surface area contributed by atoms with Gasteiger partial charge in [0.15, 0.2) is 0 Å². The quantitative estimate of drug-likeness (QED) is 0.806. The molecule has 126 valence electrons. The molecule has 0 aliphatic rings. The lowest BCUT2D eigenvalue weighted by molar-refractivity contribution is -0.123. The van der Waals surface area contributed by atoms with E-state index in [4.69, 9.17) is 17.3 Å². The highest BCUT2D eigenvalue weighted by molar-refractivity contribution is 6.31. The monoisotopic (exact) mass is 348 g/mol. The van der Waals surface area contributed by atoms with Crippen LogP contribution in [0.1, 0.15) is 11.1 Å². The second-order valence-corrected chi connectivity index (χ2v) is 5.91. The molecule has 0 bridgehead atoms. The molecule has 0 fully saturated rings. The third-order valence-electron chi connectivity index (χ3n) is 3.65. The summed E-state index contributed by atoms with van der Waals surface area (Å²) >= 11 is 6.09. The van der Waals surface area contributed by atoms with E-state index in [1.54, 1.807) is 24.3 Å². The first kappa shape index (κ1) is 17.9. The summed E-state index contributed by atoms with van der Waals surface area (Å²) in [6.45, 7) is 0.126. The first-order valence-electron chi connectivity index (χ1n) is 7.49. The molecule has 0 aliphatic heterocycles. The molecular weight excluding hydrogens is 331 g/mol. The summed E-state index contributed by atoms with van der Waals surface area (Å²) in [6, 6.07) is 12.9. The Hall–Kier alpha value is -2.40. The van der Waals surface area contributed by atoms with Crippen molar-refractivity contribution in [3.63, 3.8) is 0 Å². The van der Waals surface area contributed by atoms with E-state index in [1.807, 2.05) is 12.1 Å². The predicted molar refractivity (Wildman–Crippen MR) is 91.0 cm³/mol. The average Bonchev–Trinajstić information content (AvgIpc) is 2.55. The molecule has 4 nitrogen and oxygen atoms in total. The molecule has 2 rings (SSSR count). The largest absolute Gasteiger partial charge is 0.369 e. The van der Waals surface area contributed by atoms with E-state index in [-0.39, 0.29) is 24.7 Å². The molecule has 2 amide bonds. The normalized spacial score (nSPS) is 11.8. The average molecular weight is 349 g/mol. The maximum Gasteiger partial charge on any atom is 0.224 e. The van der Waals surface area contributed by atoms with Crippen molar-refractivity contribution < 1.29 is 14.0 Å². The lowest BCUT2D eigenvalue weighted by atomic mass is 9.98. The Balaban J connectivity index is 1.91. The molecular formula is C18H18ClFN2O2. The van der Waals surface area contributed by atoms with E-state index in [1.165, 1.54) is 12.1 Å². The molecule has 6 heteroatoms. The topological polar surface area (TPSA) is 72.2 Å². The van der Waals surface area contributed by atoms with Crippen LogP contribution in [0.15, 0.2) is 48.5 Å². The molecule has 0 aromatic heterocycles. The molecule has 2 aromatic rings. The van der Waals surface area contributed by atoms with Gasteiger partial charge < -0.3 is 11.1 Å². The summed E-state index contributed by atoms with van der Waals surface area (Å²) < 4.78 is 12.8. The molecule has 24 heavy (non-hydrogen) atoms. The molecule has 0 heterocycles. The Labute approximate surface area is 144 Å². The van der Waals surface area contributed by atoms with Crippen molar-refractivity contribution in [1.82, 2.24) is 5.32 Å². The van der Waals surface area contributed by atoms with E-state index in [2.05, 4.69) is 5.32 Å². The van der Waals surface area contributed by atoms with Gasteiger partial charge >= 0.3 is 0 Å². The van der Waals surface area contributed by atoms with Crippen LogP contribution in [0.25, 0.3) is 0 Å². The number of nitrogens with one attached hydrogen (secondary N) is 1. The van der Waals surface area contributed by atoms with Crippen LogP contribution in [0.4, 0.5) is 4.39 Å². The summed E-state index contributed by atoms with van der Waals surface area (Å²) in [5.74, 6) is -1.67. The van der Waals surface area contributed by atoms with Crippen LogP contribution in [0, 0.1) is 11.7 Å². The first-order valence-corrected chi connectivity index (χ1v) is 7.87. The number of carbonyl (C=O) groups excluding carboxylic acids is 2. The van der Waals surface area contributed by atoms with Gasteiger partial charge in [-0.25, -0.2) is 4.39 Å². The van der Waals surface area contributed by atoms with Crippen molar-refractivity contribution in [3.8, 4) is 0 Å². The predicted octanol–water partition coefficient (Wildman–Crippen LogP) is 2.48. The van der Waals surface area contributed by atoms with Gasteiger partial charge in [0.2, 0.25) is 11.8 Å². The van der Waals surface area contributed by atoms with Crippen LogP contribution in [0.3, 0.4) is 0 Å². The Morgan fingerprint density at radius 2 is 1.79 bits per heavy atom. The van der Waals surface area contributed by atoms with Crippen LogP contribution in [-0.2, 0) is 22.4 Å². The fraction of sp³-hybridized carbons (Fsp3) is 0.222. The van der Waals surface area contributed by atoms with Crippen molar-refractivity contribution in [2.45, 2.75) is 12.8 Å². The highest BCUT2D eigenvalue weighted by Crippen LogP contribution is 2.18. The molecule has 2 aromatic carbocycles. The number of hydrogen-bond acceptors (Lipinski definition) is 2. The third-order valence-corrected chi connectivity index (χ3v) is 4.02. The molecule has 0 saturated heterocycles. The van der Waals surface area contributed by atoms with E-state index in [0.29, 0.717) is 17.0 Å². The van der Waals surface area contributed by atoms with Crippen molar-refractivity contribution in [3.05, 3.63) is 70.5 Å². The van der Waals surface area contributed by atoms with Crippen molar-refractivity contribution in [2.75, 3.05) is 6.54 Å². The Kier molecular flexibility index (Phi) is 6.32. The minimum Gasteiger partial charge on any atom is -0.369 e. The lowest BCUT2D eigenvalue weighted by Crippen LogP contribution is -2.37. The second-order valence-electron chi connectivity index (χ2n) is 5.50.